The van der Waals surface area contributed by atoms with E-state index in [1.165, 1.54) is 16.8 Å². The highest BCUT2D eigenvalue weighted by Crippen LogP contribution is 2.45. The van der Waals surface area contributed by atoms with Crippen LogP contribution in [-0.4, -0.2) is 6.54 Å². The minimum atomic E-state index is 0.171. The lowest BCUT2D eigenvalue weighted by atomic mass is 9.87. The predicted octanol–water partition coefficient (Wildman–Crippen LogP) is 4.72. The van der Waals surface area contributed by atoms with Crippen LogP contribution in [0.25, 0.3) is 0 Å². The second-order valence-electron chi connectivity index (χ2n) is 7.02. The van der Waals surface area contributed by atoms with Gasteiger partial charge in [-0.3, -0.25) is 0 Å². The van der Waals surface area contributed by atoms with Crippen molar-refractivity contribution in [3.63, 3.8) is 0 Å². The molecule has 0 bridgehead atoms. The summed E-state index contributed by atoms with van der Waals surface area (Å²) in [7, 11) is 0. The van der Waals surface area contributed by atoms with Gasteiger partial charge in [-0.15, -0.1) is 0 Å². The maximum atomic E-state index is 2.47. The summed E-state index contributed by atoms with van der Waals surface area (Å²) in [5, 5.41) is 0. The topological polar surface area (TPSA) is 3.01 Å². The summed E-state index contributed by atoms with van der Waals surface area (Å²) < 4.78 is 0. The lowest BCUT2D eigenvalue weighted by molar-refractivity contribution is 0.590. The standard InChI is InChI=1S/C19H23N/c1-18(2,3)15-10-12-17(13-11-15)20-14-19(20,4)16-8-6-5-7-9-16/h5-13H,14H2,1-4H3. The molecule has 1 heteroatoms. The third-order valence-electron chi connectivity index (χ3n) is 4.40. The molecule has 0 radical (unpaired) electrons. The van der Waals surface area contributed by atoms with Gasteiger partial charge in [0.15, 0.2) is 0 Å². The zero-order chi connectivity index (χ0) is 14.4. The van der Waals surface area contributed by atoms with E-state index in [2.05, 4.69) is 87.2 Å². The Balaban J connectivity index is 1.83. The molecular formula is C19H23N. The van der Waals surface area contributed by atoms with Crippen molar-refractivity contribution in [1.82, 2.24) is 0 Å². The molecule has 1 heterocycles. The normalized spacial score (nSPS) is 21.9. The molecule has 3 rings (SSSR count). The van der Waals surface area contributed by atoms with Crippen molar-refractivity contribution in [2.45, 2.75) is 38.6 Å². The number of anilines is 1. The van der Waals surface area contributed by atoms with Crippen molar-refractivity contribution in [2.75, 3.05) is 11.4 Å². The van der Waals surface area contributed by atoms with Crippen LogP contribution < -0.4 is 4.90 Å². The number of hydrogen-bond donors (Lipinski definition) is 0. The molecule has 2 aromatic carbocycles. The van der Waals surface area contributed by atoms with E-state index in [4.69, 9.17) is 0 Å². The minimum absolute atomic E-state index is 0.171. The highest BCUT2D eigenvalue weighted by molar-refractivity contribution is 5.60. The smallest absolute Gasteiger partial charge is 0.0801 e. The van der Waals surface area contributed by atoms with Crippen molar-refractivity contribution in [1.29, 1.82) is 0 Å². The van der Waals surface area contributed by atoms with E-state index >= 15 is 0 Å². The second kappa shape index (κ2) is 4.37. The highest BCUT2D eigenvalue weighted by Gasteiger charge is 2.48. The first-order chi connectivity index (χ1) is 9.41. The molecule has 1 nitrogen and oxygen atoms in total. The first-order valence-corrected chi connectivity index (χ1v) is 7.35. The molecular weight excluding hydrogens is 242 g/mol. The van der Waals surface area contributed by atoms with Crippen LogP contribution in [0.5, 0.6) is 0 Å². The first-order valence-electron chi connectivity index (χ1n) is 7.35. The fraction of sp³-hybridized carbons (Fsp3) is 0.368. The van der Waals surface area contributed by atoms with Gasteiger partial charge in [-0.1, -0.05) is 63.2 Å². The molecule has 0 amide bonds. The number of hydrogen-bond acceptors (Lipinski definition) is 1. The SMILES string of the molecule is CC(C)(C)c1ccc(N2CC2(C)c2ccccc2)cc1. The van der Waals surface area contributed by atoms with E-state index in [-0.39, 0.29) is 11.0 Å². The van der Waals surface area contributed by atoms with Crippen molar-refractivity contribution in [3.8, 4) is 0 Å². The first kappa shape index (κ1) is 13.2. The van der Waals surface area contributed by atoms with Crippen molar-refractivity contribution >= 4 is 5.69 Å². The molecule has 2 aromatic rings. The molecule has 20 heavy (non-hydrogen) atoms. The van der Waals surface area contributed by atoms with Crippen LogP contribution in [0.15, 0.2) is 54.6 Å². The molecule has 104 valence electrons. The lowest BCUT2D eigenvalue weighted by Gasteiger charge is -2.20. The van der Waals surface area contributed by atoms with E-state index in [0.29, 0.717) is 0 Å². The van der Waals surface area contributed by atoms with Gasteiger partial charge in [-0.2, -0.15) is 0 Å². The van der Waals surface area contributed by atoms with Crippen LogP contribution in [-0.2, 0) is 11.0 Å². The molecule has 1 aliphatic heterocycles. The Bertz CT molecular complexity index is 592. The zero-order valence-corrected chi connectivity index (χ0v) is 12.9. The average Bonchev–Trinajstić information content (AvgIpc) is 3.13. The molecule has 1 saturated heterocycles. The van der Waals surface area contributed by atoms with Crippen LogP contribution in [0.1, 0.15) is 38.8 Å². The number of benzene rings is 2. The Morgan fingerprint density at radius 1 is 0.900 bits per heavy atom. The summed E-state index contributed by atoms with van der Waals surface area (Å²) in [6.07, 6.45) is 0. The predicted molar refractivity (Wildman–Crippen MR) is 86.3 cm³/mol. The fourth-order valence-electron chi connectivity index (χ4n) is 2.83. The Kier molecular flexibility index (Phi) is 2.89. The highest BCUT2D eigenvalue weighted by atomic mass is 15.4. The van der Waals surface area contributed by atoms with Crippen LogP contribution in [0, 0.1) is 0 Å². The molecule has 1 aliphatic rings. The molecule has 0 spiro atoms. The van der Waals surface area contributed by atoms with E-state index in [9.17, 15) is 0 Å². The van der Waals surface area contributed by atoms with Crippen LogP contribution in [0.3, 0.4) is 0 Å². The zero-order valence-electron chi connectivity index (χ0n) is 12.9. The summed E-state index contributed by atoms with van der Waals surface area (Å²) >= 11 is 0. The summed E-state index contributed by atoms with van der Waals surface area (Å²) in [6, 6.07) is 19.8. The third kappa shape index (κ3) is 2.22. The number of nitrogens with zero attached hydrogens (tertiary/aromatic N) is 1. The van der Waals surface area contributed by atoms with E-state index in [0.717, 1.165) is 6.54 Å². The van der Waals surface area contributed by atoms with E-state index in [1.807, 2.05) is 0 Å². The summed E-state index contributed by atoms with van der Waals surface area (Å²) in [5.74, 6) is 0. The van der Waals surface area contributed by atoms with Gasteiger partial charge >= 0.3 is 0 Å². The van der Waals surface area contributed by atoms with Crippen LogP contribution in [0.2, 0.25) is 0 Å². The van der Waals surface area contributed by atoms with Gasteiger partial charge in [0.05, 0.1) is 5.54 Å². The van der Waals surface area contributed by atoms with Gasteiger partial charge in [-0.05, 0) is 35.6 Å². The summed E-state index contributed by atoms with van der Waals surface area (Å²) in [6.45, 7) is 10.2. The molecule has 0 saturated carbocycles. The minimum Gasteiger partial charge on any atom is -0.358 e. The van der Waals surface area contributed by atoms with Crippen molar-refractivity contribution in [2.24, 2.45) is 0 Å². The van der Waals surface area contributed by atoms with E-state index < -0.39 is 0 Å². The largest absolute Gasteiger partial charge is 0.358 e. The molecule has 0 N–H and O–H groups in total. The number of rotatable bonds is 2. The monoisotopic (exact) mass is 265 g/mol. The molecule has 0 aromatic heterocycles. The summed E-state index contributed by atoms with van der Waals surface area (Å²) in [5.41, 5.74) is 4.51. The van der Waals surface area contributed by atoms with Crippen molar-refractivity contribution < 1.29 is 0 Å². The van der Waals surface area contributed by atoms with Crippen molar-refractivity contribution in [3.05, 3.63) is 65.7 Å². The van der Waals surface area contributed by atoms with Crippen LogP contribution in [0.4, 0.5) is 5.69 Å². The molecule has 1 unspecified atom stereocenters. The Morgan fingerprint density at radius 3 is 2.05 bits per heavy atom. The Morgan fingerprint density at radius 2 is 1.50 bits per heavy atom. The van der Waals surface area contributed by atoms with Gasteiger partial charge < -0.3 is 4.90 Å². The Labute approximate surface area is 122 Å². The van der Waals surface area contributed by atoms with Gasteiger partial charge in [0.1, 0.15) is 0 Å². The maximum absolute atomic E-state index is 2.47. The quantitative estimate of drug-likeness (QED) is 0.710. The van der Waals surface area contributed by atoms with E-state index in [1.54, 1.807) is 0 Å². The fourth-order valence-corrected chi connectivity index (χ4v) is 2.83. The van der Waals surface area contributed by atoms with Gasteiger partial charge in [0.25, 0.3) is 0 Å². The van der Waals surface area contributed by atoms with Gasteiger partial charge in [0.2, 0.25) is 0 Å². The second-order valence-corrected chi connectivity index (χ2v) is 7.02. The maximum Gasteiger partial charge on any atom is 0.0801 e. The summed E-state index contributed by atoms with van der Waals surface area (Å²) in [4.78, 5) is 2.47. The molecule has 1 fully saturated rings. The molecule has 0 aliphatic carbocycles. The van der Waals surface area contributed by atoms with Crippen LogP contribution >= 0.6 is 0 Å². The Hall–Kier alpha value is -1.76. The molecule has 1 atom stereocenters. The third-order valence-corrected chi connectivity index (χ3v) is 4.40. The van der Waals surface area contributed by atoms with Gasteiger partial charge in [-0.25, -0.2) is 0 Å². The van der Waals surface area contributed by atoms with Gasteiger partial charge in [0, 0.05) is 12.2 Å². The lowest BCUT2D eigenvalue weighted by Crippen LogP contribution is -2.13. The average molecular weight is 265 g/mol.